The molecular weight excluding hydrogens is 272 g/mol. The Bertz CT molecular complexity index is 561. The number of hydrogen-bond donors (Lipinski definition) is 2. The molecule has 1 saturated heterocycles. The Balaban J connectivity index is 2.39. The van der Waals surface area contributed by atoms with Crippen LogP contribution in [0.1, 0.15) is 23.7 Å². The SMILES string of the molecule is CNC(=O)c1ccc([N+](=O)[O-])c(N2CCC(C)C(N)C2)c1. The summed E-state index contributed by atoms with van der Waals surface area (Å²) in [6.45, 7) is 3.34. The van der Waals surface area contributed by atoms with Crippen LogP contribution >= 0.6 is 0 Å². The highest BCUT2D eigenvalue weighted by Crippen LogP contribution is 2.32. The van der Waals surface area contributed by atoms with E-state index in [1.807, 2.05) is 4.90 Å². The zero-order chi connectivity index (χ0) is 15.6. The van der Waals surface area contributed by atoms with Gasteiger partial charge in [0.15, 0.2) is 0 Å². The summed E-state index contributed by atoms with van der Waals surface area (Å²) < 4.78 is 0. The van der Waals surface area contributed by atoms with Gasteiger partial charge in [-0.1, -0.05) is 6.92 Å². The molecule has 1 aromatic carbocycles. The van der Waals surface area contributed by atoms with Crippen LogP contribution in [-0.2, 0) is 0 Å². The summed E-state index contributed by atoms with van der Waals surface area (Å²) >= 11 is 0. The fourth-order valence-corrected chi connectivity index (χ4v) is 2.53. The van der Waals surface area contributed by atoms with E-state index in [2.05, 4.69) is 12.2 Å². The summed E-state index contributed by atoms with van der Waals surface area (Å²) in [5.74, 6) is 0.128. The van der Waals surface area contributed by atoms with Gasteiger partial charge in [0.25, 0.3) is 11.6 Å². The number of hydrogen-bond acceptors (Lipinski definition) is 5. The zero-order valence-corrected chi connectivity index (χ0v) is 12.2. The van der Waals surface area contributed by atoms with Gasteiger partial charge in [-0.2, -0.15) is 0 Å². The molecule has 1 aliphatic rings. The second kappa shape index (κ2) is 6.09. The second-order valence-corrected chi connectivity index (χ2v) is 5.42. The molecule has 0 bridgehead atoms. The lowest BCUT2D eigenvalue weighted by Crippen LogP contribution is -2.47. The number of piperidine rings is 1. The number of benzene rings is 1. The van der Waals surface area contributed by atoms with Crippen LogP contribution in [0.25, 0.3) is 0 Å². The summed E-state index contributed by atoms with van der Waals surface area (Å²) in [4.78, 5) is 24.4. The number of anilines is 1. The number of nitrogens with zero attached hydrogens (tertiary/aromatic N) is 2. The van der Waals surface area contributed by atoms with Crippen LogP contribution in [0.3, 0.4) is 0 Å². The minimum atomic E-state index is -0.424. The van der Waals surface area contributed by atoms with Crippen molar-refractivity contribution in [1.82, 2.24) is 5.32 Å². The highest BCUT2D eigenvalue weighted by atomic mass is 16.6. The number of nitrogens with two attached hydrogens (primary N) is 1. The van der Waals surface area contributed by atoms with Crippen molar-refractivity contribution >= 4 is 17.3 Å². The average molecular weight is 292 g/mol. The van der Waals surface area contributed by atoms with Gasteiger partial charge in [0.1, 0.15) is 5.69 Å². The molecule has 0 radical (unpaired) electrons. The van der Waals surface area contributed by atoms with Crippen molar-refractivity contribution < 1.29 is 9.72 Å². The summed E-state index contributed by atoms with van der Waals surface area (Å²) in [5.41, 5.74) is 6.94. The van der Waals surface area contributed by atoms with Gasteiger partial charge in [0.2, 0.25) is 0 Å². The molecule has 2 rings (SSSR count). The normalized spacial score (nSPS) is 22.0. The molecular formula is C14H20N4O3. The van der Waals surface area contributed by atoms with E-state index in [4.69, 9.17) is 5.73 Å². The number of rotatable bonds is 3. The molecule has 2 atom stereocenters. The molecule has 1 amide bonds. The Morgan fingerprint density at radius 1 is 1.52 bits per heavy atom. The third-order valence-corrected chi connectivity index (χ3v) is 4.02. The summed E-state index contributed by atoms with van der Waals surface area (Å²) in [7, 11) is 1.53. The first-order chi connectivity index (χ1) is 9.93. The molecule has 0 aliphatic carbocycles. The van der Waals surface area contributed by atoms with Crippen molar-refractivity contribution in [2.75, 3.05) is 25.0 Å². The Morgan fingerprint density at radius 3 is 2.81 bits per heavy atom. The van der Waals surface area contributed by atoms with E-state index >= 15 is 0 Å². The fourth-order valence-electron chi connectivity index (χ4n) is 2.53. The first kappa shape index (κ1) is 15.2. The van der Waals surface area contributed by atoms with Crippen LogP contribution in [-0.4, -0.2) is 37.0 Å². The standard InChI is InChI=1S/C14H20N4O3/c1-9-5-6-17(8-11(9)15)13-7-10(14(19)16-2)3-4-12(13)18(20)21/h3-4,7,9,11H,5-6,8,15H2,1-2H3,(H,16,19). The molecule has 0 aromatic heterocycles. The van der Waals surface area contributed by atoms with E-state index in [1.165, 1.54) is 19.2 Å². The molecule has 7 nitrogen and oxygen atoms in total. The maximum Gasteiger partial charge on any atom is 0.292 e. The average Bonchev–Trinajstić information content (AvgIpc) is 2.48. The predicted molar refractivity (Wildman–Crippen MR) is 80.5 cm³/mol. The molecule has 2 unspecified atom stereocenters. The van der Waals surface area contributed by atoms with Crippen molar-refractivity contribution in [2.45, 2.75) is 19.4 Å². The lowest BCUT2D eigenvalue weighted by atomic mass is 9.93. The number of carbonyl (C=O) groups is 1. The molecule has 7 heteroatoms. The lowest BCUT2D eigenvalue weighted by molar-refractivity contribution is -0.384. The molecule has 1 aliphatic heterocycles. The zero-order valence-electron chi connectivity index (χ0n) is 12.2. The predicted octanol–water partition coefficient (Wildman–Crippen LogP) is 1.13. The monoisotopic (exact) mass is 292 g/mol. The van der Waals surface area contributed by atoms with Gasteiger partial charge in [-0.05, 0) is 24.5 Å². The summed E-state index contributed by atoms with van der Waals surface area (Å²) in [5, 5.41) is 13.7. The van der Waals surface area contributed by atoms with E-state index in [-0.39, 0.29) is 17.6 Å². The van der Waals surface area contributed by atoms with Crippen LogP contribution in [0.5, 0.6) is 0 Å². The van der Waals surface area contributed by atoms with Crippen LogP contribution in [0.2, 0.25) is 0 Å². The number of nitrogens with one attached hydrogen (secondary N) is 1. The number of amides is 1. The first-order valence-electron chi connectivity index (χ1n) is 6.95. The quantitative estimate of drug-likeness (QED) is 0.642. The highest BCUT2D eigenvalue weighted by Gasteiger charge is 2.28. The van der Waals surface area contributed by atoms with Crippen LogP contribution in [0.15, 0.2) is 18.2 Å². The molecule has 1 aromatic rings. The van der Waals surface area contributed by atoms with Crippen molar-refractivity contribution in [3.63, 3.8) is 0 Å². The maximum atomic E-state index is 11.7. The summed E-state index contributed by atoms with van der Waals surface area (Å²) in [6, 6.07) is 4.39. The Hall–Kier alpha value is -2.15. The maximum absolute atomic E-state index is 11.7. The number of nitro benzene ring substituents is 1. The third kappa shape index (κ3) is 3.13. The smallest absolute Gasteiger partial charge is 0.292 e. The molecule has 0 saturated carbocycles. The van der Waals surface area contributed by atoms with Gasteiger partial charge in [0, 0.05) is 37.8 Å². The van der Waals surface area contributed by atoms with E-state index in [9.17, 15) is 14.9 Å². The van der Waals surface area contributed by atoms with E-state index in [1.54, 1.807) is 6.07 Å². The minimum absolute atomic E-state index is 0.00408. The van der Waals surface area contributed by atoms with Gasteiger partial charge in [-0.25, -0.2) is 0 Å². The van der Waals surface area contributed by atoms with Crippen molar-refractivity contribution in [1.29, 1.82) is 0 Å². The number of nitro groups is 1. The topological polar surface area (TPSA) is 101 Å². The summed E-state index contributed by atoms with van der Waals surface area (Å²) in [6.07, 6.45) is 0.878. The van der Waals surface area contributed by atoms with Crippen LogP contribution in [0.4, 0.5) is 11.4 Å². The number of carbonyl (C=O) groups excluding carboxylic acids is 1. The van der Waals surface area contributed by atoms with Crippen molar-refractivity contribution in [3.8, 4) is 0 Å². The molecule has 1 fully saturated rings. The Morgan fingerprint density at radius 2 is 2.24 bits per heavy atom. The Kier molecular flexibility index (Phi) is 4.42. The molecule has 0 spiro atoms. The van der Waals surface area contributed by atoms with Gasteiger partial charge < -0.3 is 16.0 Å². The van der Waals surface area contributed by atoms with Crippen molar-refractivity contribution in [2.24, 2.45) is 11.7 Å². The lowest BCUT2D eigenvalue weighted by Gasteiger charge is -2.36. The first-order valence-corrected chi connectivity index (χ1v) is 6.95. The van der Waals surface area contributed by atoms with Crippen LogP contribution in [0, 0.1) is 16.0 Å². The van der Waals surface area contributed by atoms with E-state index in [0.717, 1.165) is 6.42 Å². The van der Waals surface area contributed by atoms with Crippen LogP contribution < -0.4 is 16.0 Å². The fraction of sp³-hybridized carbons (Fsp3) is 0.500. The Labute approximate surface area is 123 Å². The van der Waals surface area contributed by atoms with Gasteiger partial charge in [-0.3, -0.25) is 14.9 Å². The van der Waals surface area contributed by atoms with Gasteiger partial charge in [0.05, 0.1) is 4.92 Å². The molecule has 3 N–H and O–H groups in total. The molecule has 114 valence electrons. The largest absolute Gasteiger partial charge is 0.364 e. The second-order valence-electron chi connectivity index (χ2n) is 5.42. The minimum Gasteiger partial charge on any atom is -0.364 e. The molecule has 21 heavy (non-hydrogen) atoms. The highest BCUT2D eigenvalue weighted by molar-refractivity contribution is 5.95. The molecule has 1 heterocycles. The van der Waals surface area contributed by atoms with E-state index < -0.39 is 4.92 Å². The third-order valence-electron chi connectivity index (χ3n) is 4.02. The van der Waals surface area contributed by atoms with Crippen molar-refractivity contribution in [3.05, 3.63) is 33.9 Å². The van der Waals surface area contributed by atoms with Gasteiger partial charge in [-0.15, -0.1) is 0 Å². The van der Waals surface area contributed by atoms with E-state index in [0.29, 0.717) is 30.3 Å². The van der Waals surface area contributed by atoms with Gasteiger partial charge >= 0.3 is 0 Å².